The molecule has 2 aromatic carbocycles. The Labute approximate surface area is 142 Å². The predicted molar refractivity (Wildman–Crippen MR) is 94.1 cm³/mol. The summed E-state index contributed by atoms with van der Waals surface area (Å²) in [6.07, 6.45) is 1.88. The molecule has 2 aromatic rings. The summed E-state index contributed by atoms with van der Waals surface area (Å²) in [5.74, 6) is 0.960. The van der Waals surface area contributed by atoms with Gasteiger partial charge in [0.05, 0.1) is 6.61 Å². The van der Waals surface area contributed by atoms with Crippen LogP contribution in [0.4, 0.5) is 0 Å². The lowest BCUT2D eigenvalue weighted by atomic mass is 10.1. The Kier molecular flexibility index (Phi) is 7.04. The van der Waals surface area contributed by atoms with Crippen LogP contribution in [-0.4, -0.2) is 13.2 Å². The topological polar surface area (TPSA) is 21.3 Å². The van der Waals surface area contributed by atoms with Gasteiger partial charge in [0.25, 0.3) is 0 Å². The number of rotatable bonds is 8. The van der Waals surface area contributed by atoms with Crippen LogP contribution in [0, 0.1) is 0 Å². The fourth-order valence-electron chi connectivity index (χ4n) is 2.17. The third kappa shape index (κ3) is 5.20. The van der Waals surface area contributed by atoms with Crippen LogP contribution in [0.2, 0.25) is 10.0 Å². The summed E-state index contributed by atoms with van der Waals surface area (Å²) in [7, 11) is 0. The zero-order chi connectivity index (χ0) is 15.8. The quantitative estimate of drug-likeness (QED) is 0.675. The zero-order valence-corrected chi connectivity index (χ0v) is 14.3. The number of nitrogens with one attached hydrogen (secondary N) is 1. The highest BCUT2D eigenvalue weighted by atomic mass is 35.5. The molecular formula is C18H21Cl2NO. The van der Waals surface area contributed by atoms with Crippen molar-refractivity contribution in [3.8, 4) is 5.75 Å². The predicted octanol–water partition coefficient (Wildman–Crippen LogP) is 5.11. The summed E-state index contributed by atoms with van der Waals surface area (Å²) < 4.78 is 5.76. The summed E-state index contributed by atoms with van der Waals surface area (Å²) >= 11 is 12.1. The Morgan fingerprint density at radius 1 is 1.05 bits per heavy atom. The molecule has 0 bridgehead atoms. The van der Waals surface area contributed by atoms with E-state index < -0.39 is 0 Å². The molecule has 0 fully saturated rings. The summed E-state index contributed by atoms with van der Waals surface area (Å²) in [5, 5.41) is 4.83. The maximum Gasteiger partial charge on any atom is 0.123 e. The minimum Gasteiger partial charge on any atom is -0.493 e. The van der Waals surface area contributed by atoms with Gasteiger partial charge in [-0.15, -0.1) is 0 Å². The van der Waals surface area contributed by atoms with E-state index in [1.807, 2.05) is 30.3 Å². The first-order chi connectivity index (χ1) is 10.7. The number of halogens is 2. The first-order valence-corrected chi connectivity index (χ1v) is 8.31. The third-order valence-corrected chi connectivity index (χ3v) is 3.92. The average molecular weight is 338 g/mol. The van der Waals surface area contributed by atoms with Crippen molar-refractivity contribution in [1.82, 2.24) is 5.32 Å². The van der Waals surface area contributed by atoms with Crippen molar-refractivity contribution in [3.05, 3.63) is 63.6 Å². The Morgan fingerprint density at radius 2 is 1.86 bits per heavy atom. The Bertz CT molecular complexity index is 601. The number of hydrogen-bond acceptors (Lipinski definition) is 2. The molecule has 0 unspecified atom stereocenters. The van der Waals surface area contributed by atoms with Gasteiger partial charge in [-0.1, -0.05) is 54.4 Å². The van der Waals surface area contributed by atoms with Crippen molar-refractivity contribution in [1.29, 1.82) is 0 Å². The van der Waals surface area contributed by atoms with Crippen molar-refractivity contribution in [2.75, 3.05) is 13.2 Å². The van der Waals surface area contributed by atoms with Crippen LogP contribution < -0.4 is 10.1 Å². The van der Waals surface area contributed by atoms with Crippen molar-refractivity contribution in [2.24, 2.45) is 0 Å². The highest BCUT2D eigenvalue weighted by Crippen LogP contribution is 2.21. The van der Waals surface area contributed by atoms with Gasteiger partial charge in [-0.3, -0.25) is 0 Å². The van der Waals surface area contributed by atoms with Crippen molar-refractivity contribution < 1.29 is 4.74 Å². The molecule has 0 amide bonds. The maximum atomic E-state index is 6.18. The van der Waals surface area contributed by atoms with E-state index in [0.29, 0.717) is 5.02 Å². The van der Waals surface area contributed by atoms with Gasteiger partial charge < -0.3 is 10.1 Å². The molecule has 2 nitrogen and oxygen atoms in total. The molecule has 0 atom stereocenters. The summed E-state index contributed by atoms with van der Waals surface area (Å²) in [5.41, 5.74) is 2.28. The van der Waals surface area contributed by atoms with Crippen molar-refractivity contribution >= 4 is 23.2 Å². The largest absolute Gasteiger partial charge is 0.493 e. The van der Waals surface area contributed by atoms with Crippen LogP contribution in [0.5, 0.6) is 5.75 Å². The molecule has 4 heteroatoms. The van der Waals surface area contributed by atoms with Crippen LogP contribution in [0.1, 0.15) is 24.5 Å². The Balaban J connectivity index is 1.83. The SMILES string of the molecule is CCCOc1ccccc1CNCCc1ccc(Cl)cc1Cl. The van der Waals surface area contributed by atoms with Gasteiger partial charge in [0.15, 0.2) is 0 Å². The fourth-order valence-corrected chi connectivity index (χ4v) is 2.68. The Morgan fingerprint density at radius 3 is 2.64 bits per heavy atom. The highest BCUT2D eigenvalue weighted by molar-refractivity contribution is 6.35. The molecule has 22 heavy (non-hydrogen) atoms. The Hall–Kier alpha value is -1.22. The monoisotopic (exact) mass is 337 g/mol. The molecule has 0 aliphatic heterocycles. The molecule has 1 N–H and O–H groups in total. The molecule has 0 aromatic heterocycles. The second-order valence-corrected chi connectivity index (χ2v) is 5.96. The molecule has 0 heterocycles. The van der Waals surface area contributed by atoms with E-state index in [9.17, 15) is 0 Å². The second-order valence-electron chi connectivity index (χ2n) is 5.12. The number of ether oxygens (including phenoxy) is 1. The molecule has 0 aliphatic rings. The smallest absolute Gasteiger partial charge is 0.123 e. The molecule has 2 rings (SSSR count). The molecular weight excluding hydrogens is 317 g/mol. The highest BCUT2D eigenvalue weighted by Gasteiger charge is 2.04. The van der Waals surface area contributed by atoms with E-state index >= 15 is 0 Å². The molecule has 0 saturated carbocycles. The lowest BCUT2D eigenvalue weighted by Crippen LogP contribution is -2.17. The zero-order valence-electron chi connectivity index (χ0n) is 12.7. The molecule has 118 valence electrons. The summed E-state index contributed by atoms with van der Waals surface area (Å²) in [4.78, 5) is 0. The number of hydrogen-bond donors (Lipinski definition) is 1. The van der Waals surface area contributed by atoms with Gasteiger partial charge in [-0.25, -0.2) is 0 Å². The van der Waals surface area contributed by atoms with Crippen molar-refractivity contribution in [3.63, 3.8) is 0 Å². The molecule has 0 radical (unpaired) electrons. The maximum absolute atomic E-state index is 6.18. The van der Waals surface area contributed by atoms with E-state index in [2.05, 4.69) is 18.3 Å². The van der Waals surface area contributed by atoms with E-state index in [-0.39, 0.29) is 0 Å². The minimum atomic E-state index is 0.670. The van der Waals surface area contributed by atoms with Gasteiger partial charge in [-0.05, 0) is 43.1 Å². The van der Waals surface area contributed by atoms with Gasteiger partial charge >= 0.3 is 0 Å². The molecule has 0 saturated heterocycles. The van der Waals surface area contributed by atoms with E-state index in [1.165, 1.54) is 5.56 Å². The van der Waals surface area contributed by atoms with E-state index in [0.717, 1.165) is 48.9 Å². The van der Waals surface area contributed by atoms with E-state index in [1.54, 1.807) is 6.07 Å². The fraction of sp³-hybridized carbons (Fsp3) is 0.333. The average Bonchev–Trinajstić information content (AvgIpc) is 2.52. The molecule has 0 aliphatic carbocycles. The van der Waals surface area contributed by atoms with Gasteiger partial charge in [0, 0.05) is 22.2 Å². The lowest BCUT2D eigenvalue weighted by molar-refractivity contribution is 0.313. The van der Waals surface area contributed by atoms with E-state index in [4.69, 9.17) is 27.9 Å². The van der Waals surface area contributed by atoms with Crippen LogP contribution in [0.25, 0.3) is 0 Å². The molecule has 0 spiro atoms. The first kappa shape index (κ1) is 17.1. The van der Waals surface area contributed by atoms with Gasteiger partial charge in [-0.2, -0.15) is 0 Å². The summed E-state index contributed by atoms with van der Waals surface area (Å²) in [6, 6.07) is 13.8. The normalized spacial score (nSPS) is 10.7. The van der Waals surface area contributed by atoms with Gasteiger partial charge in [0.1, 0.15) is 5.75 Å². The first-order valence-electron chi connectivity index (χ1n) is 7.56. The minimum absolute atomic E-state index is 0.670. The van der Waals surface area contributed by atoms with Crippen LogP contribution in [0.3, 0.4) is 0 Å². The van der Waals surface area contributed by atoms with Gasteiger partial charge in [0.2, 0.25) is 0 Å². The van der Waals surface area contributed by atoms with Crippen molar-refractivity contribution in [2.45, 2.75) is 26.3 Å². The standard InChI is InChI=1S/C18H21Cl2NO/c1-2-11-22-18-6-4-3-5-15(18)13-21-10-9-14-7-8-16(19)12-17(14)20/h3-8,12,21H,2,9-11,13H2,1H3. The van der Waals surface area contributed by atoms with Crippen LogP contribution in [0.15, 0.2) is 42.5 Å². The second kappa shape index (κ2) is 9.04. The number of benzene rings is 2. The van der Waals surface area contributed by atoms with Crippen LogP contribution in [-0.2, 0) is 13.0 Å². The van der Waals surface area contributed by atoms with Crippen LogP contribution >= 0.6 is 23.2 Å². The lowest BCUT2D eigenvalue weighted by Gasteiger charge is -2.12. The number of para-hydroxylation sites is 1. The summed E-state index contributed by atoms with van der Waals surface area (Å²) in [6.45, 7) is 4.49. The third-order valence-electron chi connectivity index (χ3n) is 3.34.